The van der Waals surface area contributed by atoms with Crippen molar-refractivity contribution in [1.82, 2.24) is 10.2 Å². The number of anilines is 1. The third-order valence-corrected chi connectivity index (χ3v) is 4.46. The highest BCUT2D eigenvalue weighted by atomic mass is 16.2. The molecule has 2 fully saturated rings. The minimum absolute atomic E-state index is 0.0414. The normalized spacial score (nSPS) is 21.6. The van der Waals surface area contributed by atoms with Crippen molar-refractivity contribution in [3.8, 4) is 0 Å². The molecular weight excluding hydrogens is 278 g/mol. The Morgan fingerprint density at radius 3 is 2.45 bits per heavy atom. The van der Waals surface area contributed by atoms with Gasteiger partial charge in [-0.1, -0.05) is 0 Å². The Morgan fingerprint density at radius 2 is 1.82 bits per heavy atom. The van der Waals surface area contributed by atoms with Crippen molar-refractivity contribution in [3.05, 3.63) is 29.8 Å². The fraction of sp³-hybridized carbons (Fsp3) is 0.529. The van der Waals surface area contributed by atoms with Crippen LogP contribution in [0.15, 0.2) is 24.3 Å². The molecule has 0 aliphatic carbocycles. The van der Waals surface area contributed by atoms with Gasteiger partial charge in [0.2, 0.25) is 5.91 Å². The first-order chi connectivity index (χ1) is 10.7. The molecule has 2 aliphatic heterocycles. The van der Waals surface area contributed by atoms with E-state index in [1.807, 2.05) is 17.0 Å². The number of piperidine rings is 1. The summed E-state index contributed by atoms with van der Waals surface area (Å²) >= 11 is 0. The Bertz CT molecular complexity index is 529. The quantitative estimate of drug-likeness (QED) is 0.896. The second-order valence-corrected chi connectivity index (χ2v) is 6.11. The number of nitrogens with zero attached hydrogens (tertiary/aromatic N) is 1. The number of carbonyl (C=O) groups is 2. The molecule has 1 aromatic carbocycles. The lowest BCUT2D eigenvalue weighted by Crippen LogP contribution is -2.37. The van der Waals surface area contributed by atoms with Crippen molar-refractivity contribution in [1.29, 1.82) is 0 Å². The lowest BCUT2D eigenvalue weighted by Gasteiger charge is -2.22. The van der Waals surface area contributed by atoms with Crippen molar-refractivity contribution in [3.63, 3.8) is 0 Å². The van der Waals surface area contributed by atoms with Gasteiger partial charge >= 0.3 is 0 Å². The summed E-state index contributed by atoms with van der Waals surface area (Å²) in [5.41, 5.74) is 1.45. The molecule has 0 radical (unpaired) electrons. The smallest absolute Gasteiger partial charge is 0.253 e. The molecule has 3 rings (SSSR count). The third kappa shape index (κ3) is 3.47. The molecule has 118 valence electrons. The molecule has 2 saturated heterocycles. The van der Waals surface area contributed by atoms with Crippen LogP contribution in [0.5, 0.6) is 0 Å². The largest absolute Gasteiger partial charge is 0.339 e. The van der Waals surface area contributed by atoms with Gasteiger partial charge in [-0.15, -0.1) is 0 Å². The number of hydrogen-bond donors (Lipinski definition) is 2. The molecule has 0 spiro atoms. The van der Waals surface area contributed by atoms with Crippen molar-refractivity contribution in [2.45, 2.75) is 25.7 Å². The third-order valence-electron chi connectivity index (χ3n) is 4.46. The van der Waals surface area contributed by atoms with Gasteiger partial charge in [0.15, 0.2) is 0 Å². The van der Waals surface area contributed by atoms with Crippen molar-refractivity contribution >= 4 is 17.5 Å². The van der Waals surface area contributed by atoms with Gasteiger partial charge in [-0.2, -0.15) is 0 Å². The molecule has 22 heavy (non-hydrogen) atoms. The van der Waals surface area contributed by atoms with E-state index in [9.17, 15) is 9.59 Å². The van der Waals surface area contributed by atoms with Crippen LogP contribution < -0.4 is 10.6 Å². The standard InChI is InChI=1S/C17H23N3O2/c21-16(14-4-3-9-18-12-14)19-15-7-5-13(6-8-15)17(22)20-10-1-2-11-20/h5-8,14,18H,1-4,9-12H2,(H,19,21)/t14-/m1/s1. The molecule has 1 aromatic rings. The SMILES string of the molecule is O=C(Nc1ccc(C(=O)N2CCCC2)cc1)[C@@H]1CCCNC1. The van der Waals surface area contributed by atoms with Crippen LogP contribution in [0.1, 0.15) is 36.0 Å². The lowest BCUT2D eigenvalue weighted by atomic mass is 9.99. The minimum Gasteiger partial charge on any atom is -0.339 e. The summed E-state index contributed by atoms with van der Waals surface area (Å²) in [6.07, 6.45) is 4.16. The van der Waals surface area contributed by atoms with E-state index in [0.717, 1.165) is 57.5 Å². The van der Waals surface area contributed by atoms with Crippen LogP contribution in [0.2, 0.25) is 0 Å². The zero-order valence-electron chi connectivity index (χ0n) is 12.8. The van der Waals surface area contributed by atoms with Gasteiger partial charge in [0.05, 0.1) is 5.92 Å². The zero-order valence-corrected chi connectivity index (χ0v) is 12.8. The molecule has 0 aromatic heterocycles. The maximum absolute atomic E-state index is 12.3. The summed E-state index contributed by atoms with van der Waals surface area (Å²) < 4.78 is 0. The Kier molecular flexibility index (Phi) is 4.73. The molecule has 2 N–H and O–H groups in total. The average Bonchev–Trinajstić information content (AvgIpc) is 3.10. The Balaban J connectivity index is 1.58. The van der Waals surface area contributed by atoms with Crippen molar-refractivity contribution in [2.75, 3.05) is 31.5 Å². The van der Waals surface area contributed by atoms with E-state index in [2.05, 4.69) is 10.6 Å². The van der Waals surface area contributed by atoms with E-state index in [-0.39, 0.29) is 17.7 Å². The number of amides is 2. The molecule has 5 nitrogen and oxygen atoms in total. The van der Waals surface area contributed by atoms with Gasteiger partial charge in [-0.3, -0.25) is 9.59 Å². The van der Waals surface area contributed by atoms with E-state index in [4.69, 9.17) is 0 Å². The predicted molar refractivity (Wildman–Crippen MR) is 85.8 cm³/mol. The first kappa shape index (κ1) is 15.0. The predicted octanol–water partition coefficient (Wildman–Crippen LogP) is 1.86. The molecule has 2 heterocycles. The van der Waals surface area contributed by atoms with E-state index >= 15 is 0 Å². The van der Waals surface area contributed by atoms with Gasteiger partial charge in [-0.25, -0.2) is 0 Å². The second kappa shape index (κ2) is 6.92. The topological polar surface area (TPSA) is 61.4 Å². The first-order valence-electron chi connectivity index (χ1n) is 8.15. The zero-order chi connectivity index (χ0) is 15.4. The van der Waals surface area contributed by atoms with Crippen LogP contribution >= 0.6 is 0 Å². The molecule has 0 saturated carbocycles. The molecule has 2 aliphatic rings. The summed E-state index contributed by atoms with van der Waals surface area (Å²) in [5, 5.41) is 6.19. The highest BCUT2D eigenvalue weighted by molar-refractivity contribution is 5.96. The molecule has 0 bridgehead atoms. The maximum atomic E-state index is 12.3. The second-order valence-electron chi connectivity index (χ2n) is 6.11. The molecular formula is C17H23N3O2. The molecule has 1 atom stereocenters. The summed E-state index contributed by atoms with van der Waals surface area (Å²) in [6.45, 7) is 3.45. The van der Waals surface area contributed by atoms with Gasteiger partial charge in [-0.05, 0) is 56.5 Å². The van der Waals surface area contributed by atoms with E-state index in [1.165, 1.54) is 0 Å². The van der Waals surface area contributed by atoms with E-state index in [1.54, 1.807) is 12.1 Å². The van der Waals surface area contributed by atoms with E-state index < -0.39 is 0 Å². The minimum atomic E-state index is 0.0414. The van der Waals surface area contributed by atoms with Crippen molar-refractivity contribution in [2.24, 2.45) is 5.92 Å². The highest BCUT2D eigenvalue weighted by Gasteiger charge is 2.21. The Morgan fingerprint density at radius 1 is 1.09 bits per heavy atom. The molecule has 0 unspecified atom stereocenters. The van der Waals surface area contributed by atoms with Crippen molar-refractivity contribution < 1.29 is 9.59 Å². The van der Waals surface area contributed by atoms with E-state index in [0.29, 0.717) is 5.56 Å². The van der Waals surface area contributed by atoms with Crippen LogP contribution in [0.4, 0.5) is 5.69 Å². The first-order valence-corrected chi connectivity index (χ1v) is 8.15. The average molecular weight is 301 g/mol. The number of likely N-dealkylation sites (tertiary alicyclic amines) is 1. The lowest BCUT2D eigenvalue weighted by molar-refractivity contribution is -0.120. The van der Waals surface area contributed by atoms with Gasteiger partial charge < -0.3 is 15.5 Å². The number of carbonyl (C=O) groups excluding carboxylic acids is 2. The van der Waals surface area contributed by atoms with Crippen LogP contribution in [0, 0.1) is 5.92 Å². The summed E-state index contributed by atoms with van der Waals surface area (Å²) in [7, 11) is 0. The number of nitrogens with one attached hydrogen (secondary N) is 2. The number of rotatable bonds is 3. The summed E-state index contributed by atoms with van der Waals surface area (Å²) in [6, 6.07) is 7.24. The van der Waals surface area contributed by atoms with Crippen LogP contribution in [-0.4, -0.2) is 42.9 Å². The fourth-order valence-electron chi connectivity index (χ4n) is 3.12. The highest BCUT2D eigenvalue weighted by Crippen LogP contribution is 2.17. The Hall–Kier alpha value is -1.88. The van der Waals surface area contributed by atoms with Crippen LogP contribution in [-0.2, 0) is 4.79 Å². The maximum Gasteiger partial charge on any atom is 0.253 e. The van der Waals surface area contributed by atoms with Gasteiger partial charge in [0.1, 0.15) is 0 Å². The number of hydrogen-bond acceptors (Lipinski definition) is 3. The monoisotopic (exact) mass is 301 g/mol. The van der Waals surface area contributed by atoms with Gasteiger partial charge in [0.25, 0.3) is 5.91 Å². The summed E-state index contributed by atoms with van der Waals surface area (Å²) in [5.74, 6) is 0.192. The number of benzene rings is 1. The van der Waals surface area contributed by atoms with Crippen LogP contribution in [0.3, 0.4) is 0 Å². The van der Waals surface area contributed by atoms with Crippen LogP contribution in [0.25, 0.3) is 0 Å². The Labute approximate surface area is 131 Å². The molecule has 2 amide bonds. The summed E-state index contributed by atoms with van der Waals surface area (Å²) in [4.78, 5) is 26.3. The van der Waals surface area contributed by atoms with Gasteiger partial charge in [0, 0.05) is 30.9 Å². The fourth-order valence-corrected chi connectivity index (χ4v) is 3.12. The molecule has 5 heteroatoms.